The minimum atomic E-state index is -1.14. The van der Waals surface area contributed by atoms with Crippen molar-refractivity contribution in [2.24, 2.45) is 23.2 Å². The molecule has 0 heterocycles. The number of carbonyl (C=O) groups is 2. The van der Waals surface area contributed by atoms with Gasteiger partial charge in [-0.05, 0) is 30.1 Å². The van der Waals surface area contributed by atoms with Crippen molar-refractivity contribution in [1.29, 1.82) is 0 Å². The second kappa shape index (κ2) is 4.67. The highest BCUT2D eigenvalue weighted by atomic mass is 17.1. The van der Waals surface area contributed by atoms with Crippen LogP contribution in [0.15, 0.2) is 0 Å². The Kier molecular flexibility index (Phi) is 3.60. The van der Waals surface area contributed by atoms with Gasteiger partial charge in [-0.15, -0.1) is 0 Å². The summed E-state index contributed by atoms with van der Waals surface area (Å²) in [5.74, 6) is 0.119. The standard InChI is InChI=1S/C15H24O4/c1-9(2)15(19-18)8-14(4)10(3)5-6-12(16)11(14)7-13(15)17/h9-11,18H,5-8H2,1-4H3/t10-,11+,14+,15+/m0/s1. The van der Waals surface area contributed by atoms with Crippen molar-refractivity contribution >= 4 is 11.6 Å². The van der Waals surface area contributed by atoms with Crippen LogP contribution >= 0.6 is 0 Å². The summed E-state index contributed by atoms with van der Waals surface area (Å²) in [7, 11) is 0. The van der Waals surface area contributed by atoms with Crippen molar-refractivity contribution in [2.75, 3.05) is 0 Å². The van der Waals surface area contributed by atoms with Gasteiger partial charge in [-0.1, -0.05) is 27.7 Å². The molecule has 0 unspecified atom stereocenters. The first-order valence-corrected chi connectivity index (χ1v) is 7.16. The summed E-state index contributed by atoms with van der Waals surface area (Å²) in [5, 5.41) is 9.33. The van der Waals surface area contributed by atoms with Gasteiger partial charge in [-0.25, -0.2) is 4.89 Å². The molecule has 2 rings (SSSR count). The topological polar surface area (TPSA) is 63.6 Å². The maximum Gasteiger partial charge on any atom is 0.168 e. The van der Waals surface area contributed by atoms with E-state index >= 15 is 0 Å². The molecule has 1 N–H and O–H groups in total. The smallest absolute Gasteiger partial charge is 0.168 e. The number of hydrogen-bond acceptors (Lipinski definition) is 4. The Morgan fingerprint density at radius 3 is 2.53 bits per heavy atom. The maximum atomic E-state index is 12.4. The largest absolute Gasteiger partial charge is 0.299 e. The molecule has 0 saturated heterocycles. The zero-order valence-corrected chi connectivity index (χ0v) is 12.2. The van der Waals surface area contributed by atoms with E-state index in [1.54, 1.807) is 0 Å². The van der Waals surface area contributed by atoms with E-state index in [0.717, 1.165) is 6.42 Å². The van der Waals surface area contributed by atoms with Gasteiger partial charge < -0.3 is 0 Å². The minimum absolute atomic E-state index is 0.105. The van der Waals surface area contributed by atoms with Gasteiger partial charge in [0.15, 0.2) is 11.4 Å². The summed E-state index contributed by atoms with van der Waals surface area (Å²) < 4.78 is 0. The van der Waals surface area contributed by atoms with Crippen molar-refractivity contribution in [1.82, 2.24) is 0 Å². The summed E-state index contributed by atoms with van der Waals surface area (Å²) in [6.07, 6.45) is 2.08. The molecule has 0 aromatic rings. The summed E-state index contributed by atoms with van der Waals surface area (Å²) in [6.45, 7) is 7.97. The zero-order valence-electron chi connectivity index (χ0n) is 12.2. The van der Waals surface area contributed by atoms with Gasteiger partial charge in [0.1, 0.15) is 5.78 Å². The van der Waals surface area contributed by atoms with Gasteiger partial charge >= 0.3 is 0 Å². The van der Waals surface area contributed by atoms with Gasteiger partial charge in [-0.3, -0.25) is 14.8 Å². The lowest BCUT2D eigenvalue weighted by atomic mass is 9.51. The molecule has 0 spiro atoms. The lowest BCUT2D eigenvalue weighted by molar-refractivity contribution is -0.335. The number of fused-ring (bicyclic) bond motifs is 1. The number of Topliss-reactive ketones (excluding diaryl/α,β-unsaturated/α-hetero) is 2. The summed E-state index contributed by atoms with van der Waals surface area (Å²) in [6, 6.07) is 0. The Balaban J connectivity index is 2.42. The van der Waals surface area contributed by atoms with Crippen molar-refractivity contribution in [3.63, 3.8) is 0 Å². The van der Waals surface area contributed by atoms with E-state index in [1.807, 2.05) is 13.8 Å². The van der Waals surface area contributed by atoms with Crippen LogP contribution in [0.1, 0.15) is 53.4 Å². The van der Waals surface area contributed by atoms with Crippen LogP contribution in [-0.2, 0) is 14.5 Å². The molecule has 0 aromatic heterocycles. The molecule has 2 aliphatic rings. The Labute approximate surface area is 114 Å². The van der Waals surface area contributed by atoms with Crippen molar-refractivity contribution in [2.45, 2.75) is 59.0 Å². The number of hydrogen-bond donors (Lipinski definition) is 1. The van der Waals surface area contributed by atoms with Crippen molar-refractivity contribution in [3.8, 4) is 0 Å². The molecular weight excluding hydrogens is 244 g/mol. The zero-order chi connectivity index (χ0) is 14.4. The Morgan fingerprint density at radius 2 is 2.00 bits per heavy atom. The summed E-state index contributed by atoms with van der Waals surface area (Å²) in [5.41, 5.74) is -1.40. The highest BCUT2D eigenvalue weighted by Crippen LogP contribution is 2.55. The van der Waals surface area contributed by atoms with Crippen LogP contribution in [0.2, 0.25) is 0 Å². The molecule has 0 amide bonds. The third-order valence-electron chi connectivity index (χ3n) is 5.73. The molecule has 2 aliphatic carbocycles. The predicted octanol–water partition coefficient (Wildman–Crippen LogP) is 2.86. The fraction of sp³-hybridized carbons (Fsp3) is 0.867. The second-order valence-corrected chi connectivity index (χ2v) is 6.90. The third-order valence-corrected chi connectivity index (χ3v) is 5.73. The molecule has 4 nitrogen and oxygen atoms in total. The minimum Gasteiger partial charge on any atom is -0.299 e. The van der Waals surface area contributed by atoms with E-state index in [9.17, 15) is 14.8 Å². The Bertz CT molecular complexity index is 403. The molecule has 19 heavy (non-hydrogen) atoms. The van der Waals surface area contributed by atoms with Gasteiger partial charge in [0.25, 0.3) is 0 Å². The number of ketones is 2. The average molecular weight is 268 g/mol. The van der Waals surface area contributed by atoms with E-state index in [2.05, 4.69) is 18.7 Å². The first-order valence-electron chi connectivity index (χ1n) is 7.16. The van der Waals surface area contributed by atoms with Gasteiger partial charge in [0, 0.05) is 18.8 Å². The van der Waals surface area contributed by atoms with Crippen molar-refractivity contribution < 1.29 is 19.7 Å². The Morgan fingerprint density at radius 1 is 1.37 bits per heavy atom. The molecule has 0 aromatic carbocycles. The first-order chi connectivity index (χ1) is 8.78. The third kappa shape index (κ3) is 1.96. The monoisotopic (exact) mass is 268 g/mol. The van der Waals surface area contributed by atoms with Crippen LogP contribution in [0.25, 0.3) is 0 Å². The summed E-state index contributed by atoms with van der Waals surface area (Å²) >= 11 is 0. The van der Waals surface area contributed by atoms with Crippen molar-refractivity contribution in [3.05, 3.63) is 0 Å². The van der Waals surface area contributed by atoms with Crippen LogP contribution in [0.4, 0.5) is 0 Å². The van der Waals surface area contributed by atoms with E-state index in [4.69, 9.17) is 0 Å². The fourth-order valence-corrected chi connectivity index (χ4v) is 3.96. The van der Waals surface area contributed by atoms with Crippen LogP contribution < -0.4 is 0 Å². The van der Waals surface area contributed by atoms with Crippen LogP contribution in [0.5, 0.6) is 0 Å². The quantitative estimate of drug-likeness (QED) is 0.618. The van der Waals surface area contributed by atoms with Crippen LogP contribution in [0, 0.1) is 23.2 Å². The summed E-state index contributed by atoms with van der Waals surface area (Å²) in [4.78, 5) is 29.2. The van der Waals surface area contributed by atoms with E-state index in [0.29, 0.717) is 18.8 Å². The molecule has 0 bridgehead atoms. The van der Waals surface area contributed by atoms with Crippen LogP contribution in [-0.4, -0.2) is 22.4 Å². The number of rotatable bonds is 2. The first kappa shape index (κ1) is 14.7. The molecule has 2 fully saturated rings. The molecule has 0 radical (unpaired) electrons. The van der Waals surface area contributed by atoms with E-state index < -0.39 is 5.60 Å². The van der Waals surface area contributed by atoms with E-state index in [-0.39, 0.29) is 35.2 Å². The molecule has 0 aliphatic heterocycles. The molecule has 2 saturated carbocycles. The second-order valence-electron chi connectivity index (χ2n) is 6.90. The van der Waals surface area contributed by atoms with Gasteiger partial charge in [-0.2, -0.15) is 0 Å². The highest BCUT2D eigenvalue weighted by molar-refractivity contribution is 5.95. The highest BCUT2D eigenvalue weighted by Gasteiger charge is 2.60. The van der Waals surface area contributed by atoms with Gasteiger partial charge in [0.2, 0.25) is 0 Å². The molecule has 108 valence electrons. The van der Waals surface area contributed by atoms with E-state index in [1.165, 1.54) is 0 Å². The normalized spacial score (nSPS) is 43.5. The Hall–Kier alpha value is -0.740. The predicted molar refractivity (Wildman–Crippen MR) is 70.5 cm³/mol. The molecule has 4 heteroatoms. The lowest BCUT2D eigenvalue weighted by Gasteiger charge is -2.53. The number of carbonyl (C=O) groups excluding carboxylic acids is 2. The van der Waals surface area contributed by atoms with Crippen LogP contribution in [0.3, 0.4) is 0 Å². The molecule has 4 atom stereocenters. The SMILES string of the molecule is CC(C)[C@]1(OO)C[C@@]2(C)[C@H](CC1=O)C(=O)CC[C@@H]2C. The lowest BCUT2D eigenvalue weighted by Crippen LogP contribution is -2.60. The molecular formula is C15H24O4. The maximum absolute atomic E-state index is 12.4. The van der Waals surface area contributed by atoms with Gasteiger partial charge in [0.05, 0.1) is 0 Å². The average Bonchev–Trinajstić information content (AvgIpc) is 2.36. The fourth-order valence-electron chi connectivity index (χ4n) is 3.96.